The second-order valence-corrected chi connectivity index (χ2v) is 13.7. The van der Waals surface area contributed by atoms with Crippen molar-refractivity contribution in [1.82, 2.24) is 0 Å². The van der Waals surface area contributed by atoms with Gasteiger partial charge in [0.1, 0.15) is 16.4 Å². The Morgan fingerprint density at radius 3 is 1.68 bits per heavy atom. The standard InChI is InChI=1S/C30H18N2OS5/c33-20-8-7-18-4-1-2-5-19(18)30(20)32-31-29-16-15-28(38-29)27-14-13-26(37-27)25-12-11-24(36-25)23-10-9-22(35-23)21-6-3-17-34-21/h1-17,33H. The highest BCUT2D eigenvalue weighted by Crippen LogP contribution is 2.45. The van der Waals surface area contributed by atoms with E-state index in [4.69, 9.17) is 0 Å². The van der Waals surface area contributed by atoms with Crippen LogP contribution in [-0.2, 0) is 0 Å². The fourth-order valence-electron chi connectivity index (χ4n) is 4.19. The summed E-state index contributed by atoms with van der Waals surface area (Å²) in [7, 11) is 0. The van der Waals surface area contributed by atoms with Gasteiger partial charge in [-0.3, -0.25) is 0 Å². The van der Waals surface area contributed by atoms with Crippen molar-refractivity contribution in [3.63, 3.8) is 0 Å². The number of benzene rings is 2. The lowest BCUT2D eigenvalue weighted by atomic mass is 10.1. The maximum absolute atomic E-state index is 10.4. The molecule has 0 saturated carbocycles. The smallest absolute Gasteiger partial charge is 0.143 e. The molecule has 1 N–H and O–H groups in total. The van der Waals surface area contributed by atoms with E-state index in [9.17, 15) is 5.11 Å². The van der Waals surface area contributed by atoms with Gasteiger partial charge in [-0.2, -0.15) is 0 Å². The fraction of sp³-hybridized carbons (Fsp3) is 0. The van der Waals surface area contributed by atoms with Crippen LogP contribution in [0.15, 0.2) is 113 Å². The quantitative estimate of drug-likeness (QED) is 0.195. The molecule has 0 saturated heterocycles. The zero-order valence-electron chi connectivity index (χ0n) is 19.7. The van der Waals surface area contributed by atoms with E-state index >= 15 is 0 Å². The van der Waals surface area contributed by atoms with Gasteiger partial charge < -0.3 is 5.11 Å². The van der Waals surface area contributed by atoms with Crippen LogP contribution >= 0.6 is 56.7 Å². The van der Waals surface area contributed by atoms with Crippen molar-refractivity contribution in [3.05, 3.63) is 102 Å². The molecule has 0 radical (unpaired) electrons. The number of aromatic hydroxyl groups is 1. The van der Waals surface area contributed by atoms with Crippen LogP contribution in [0.4, 0.5) is 10.7 Å². The maximum atomic E-state index is 10.4. The molecule has 0 spiro atoms. The monoisotopic (exact) mass is 582 g/mol. The number of rotatable bonds is 6. The largest absolute Gasteiger partial charge is 0.506 e. The van der Waals surface area contributed by atoms with Gasteiger partial charge in [-0.25, -0.2) is 0 Å². The van der Waals surface area contributed by atoms with Gasteiger partial charge >= 0.3 is 0 Å². The van der Waals surface area contributed by atoms with Gasteiger partial charge in [0.05, 0.1) is 0 Å². The van der Waals surface area contributed by atoms with Gasteiger partial charge in [0, 0.05) is 44.4 Å². The Bertz CT molecular complexity index is 1900. The summed E-state index contributed by atoms with van der Waals surface area (Å²) in [5.41, 5.74) is 0.498. The summed E-state index contributed by atoms with van der Waals surface area (Å²) in [6, 6.07) is 33.1. The highest BCUT2D eigenvalue weighted by molar-refractivity contribution is 7.29. The summed E-state index contributed by atoms with van der Waals surface area (Å²) >= 11 is 8.88. The van der Waals surface area contributed by atoms with Gasteiger partial charge in [0.25, 0.3) is 0 Å². The molecular formula is C30H18N2OS5. The molecule has 0 bridgehead atoms. The van der Waals surface area contributed by atoms with Crippen LogP contribution in [0.2, 0.25) is 0 Å². The molecule has 0 atom stereocenters. The molecule has 3 nitrogen and oxygen atoms in total. The molecule has 0 aliphatic rings. The van der Waals surface area contributed by atoms with Crippen LogP contribution in [-0.4, -0.2) is 5.11 Å². The van der Waals surface area contributed by atoms with Crippen molar-refractivity contribution in [3.8, 4) is 44.8 Å². The zero-order valence-corrected chi connectivity index (χ0v) is 23.8. The van der Waals surface area contributed by atoms with Crippen LogP contribution in [0.5, 0.6) is 5.75 Å². The summed E-state index contributed by atoms with van der Waals surface area (Å²) in [5.74, 6) is 0.132. The van der Waals surface area contributed by atoms with Crippen molar-refractivity contribution in [2.45, 2.75) is 0 Å². The number of azo groups is 1. The lowest BCUT2D eigenvalue weighted by Crippen LogP contribution is -1.74. The Labute approximate surface area is 239 Å². The molecule has 0 aliphatic heterocycles. The van der Waals surface area contributed by atoms with Gasteiger partial charge in [-0.15, -0.1) is 66.9 Å². The van der Waals surface area contributed by atoms with E-state index in [0.717, 1.165) is 20.7 Å². The lowest BCUT2D eigenvalue weighted by molar-refractivity contribution is 0.477. The molecule has 7 rings (SSSR count). The minimum Gasteiger partial charge on any atom is -0.506 e. The lowest BCUT2D eigenvalue weighted by Gasteiger charge is -2.03. The number of thiophene rings is 5. The summed E-state index contributed by atoms with van der Waals surface area (Å²) in [4.78, 5) is 10.2. The molecule has 8 heteroatoms. The molecular weight excluding hydrogens is 565 g/mol. The van der Waals surface area contributed by atoms with Crippen molar-refractivity contribution in [1.29, 1.82) is 0 Å². The molecule has 0 fully saturated rings. The average Bonchev–Trinajstić information content (AvgIpc) is 3.77. The van der Waals surface area contributed by atoms with Gasteiger partial charge in [0.2, 0.25) is 0 Å². The zero-order chi connectivity index (χ0) is 25.5. The van der Waals surface area contributed by atoms with E-state index in [-0.39, 0.29) is 5.75 Å². The Morgan fingerprint density at radius 1 is 0.474 bits per heavy atom. The third-order valence-electron chi connectivity index (χ3n) is 6.03. The summed E-state index contributed by atoms with van der Waals surface area (Å²) < 4.78 is 0. The van der Waals surface area contributed by atoms with Crippen molar-refractivity contribution < 1.29 is 5.11 Å². The number of fused-ring (bicyclic) bond motifs is 1. The average molecular weight is 583 g/mol. The number of phenols is 1. The Kier molecular flexibility index (Phi) is 6.27. The van der Waals surface area contributed by atoms with Crippen LogP contribution in [0, 0.1) is 0 Å². The van der Waals surface area contributed by atoms with E-state index in [1.165, 1.54) is 34.1 Å². The summed E-state index contributed by atoms with van der Waals surface area (Å²) in [6.45, 7) is 0. The van der Waals surface area contributed by atoms with Crippen LogP contribution < -0.4 is 0 Å². The normalized spacial score (nSPS) is 11.7. The van der Waals surface area contributed by atoms with Crippen LogP contribution in [0.1, 0.15) is 0 Å². The first kappa shape index (κ1) is 23.7. The van der Waals surface area contributed by atoms with Crippen LogP contribution in [0.25, 0.3) is 49.8 Å². The van der Waals surface area contributed by atoms with E-state index < -0.39 is 0 Å². The number of nitrogens with zero attached hydrogens (tertiary/aromatic N) is 2. The molecule has 184 valence electrons. The van der Waals surface area contributed by atoms with E-state index in [2.05, 4.69) is 70.2 Å². The Balaban J connectivity index is 1.11. The van der Waals surface area contributed by atoms with Crippen molar-refractivity contribution in [2.75, 3.05) is 0 Å². The molecule has 38 heavy (non-hydrogen) atoms. The highest BCUT2D eigenvalue weighted by Gasteiger charge is 2.13. The molecule has 5 heterocycles. The third-order valence-corrected chi connectivity index (χ3v) is 11.9. The maximum Gasteiger partial charge on any atom is 0.143 e. The topological polar surface area (TPSA) is 45.0 Å². The number of phenolic OH excluding ortho intramolecular Hbond substituents is 1. The SMILES string of the molecule is Oc1ccc2ccccc2c1N=Nc1ccc(-c2ccc(-c3ccc(-c4ccc(-c5cccs5)s4)s3)s2)s1. The molecule has 0 aliphatic carbocycles. The first-order chi connectivity index (χ1) is 18.7. The van der Waals surface area contributed by atoms with Crippen molar-refractivity contribution in [2.24, 2.45) is 10.2 Å². The molecule has 5 aromatic heterocycles. The van der Waals surface area contributed by atoms with Gasteiger partial charge in [-0.05, 0) is 71.4 Å². The number of hydrogen-bond donors (Lipinski definition) is 1. The Hall–Kier alpha value is -3.40. The fourth-order valence-corrected chi connectivity index (χ4v) is 9.14. The number of hydrogen-bond acceptors (Lipinski definition) is 8. The summed E-state index contributed by atoms with van der Waals surface area (Å²) in [5, 5.41) is 24.0. The van der Waals surface area contributed by atoms with Crippen molar-refractivity contribution >= 4 is 78.1 Å². The first-order valence-electron chi connectivity index (χ1n) is 11.8. The molecule has 0 unspecified atom stereocenters. The second kappa shape index (κ2) is 10.1. The minimum atomic E-state index is 0.132. The molecule has 0 amide bonds. The predicted molar refractivity (Wildman–Crippen MR) is 167 cm³/mol. The minimum absolute atomic E-state index is 0.132. The van der Waals surface area contributed by atoms with E-state index in [1.54, 1.807) is 40.1 Å². The van der Waals surface area contributed by atoms with Gasteiger partial charge in [-0.1, -0.05) is 36.4 Å². The summed E-state index contributed by atoms with van der Waals surface area (Å²) in [6.07, 6.45) is 0. The highest BCUT2D eigenvalue weighted by atomic mass is 32.1. The molecule has 2 aromatic carbocycles. The third kappa shape index (κ3) is 4.55. The molecule has 7 aromatic rings. The Morgan fingerprint density at radius 2 is 1.05 bits per heavy atom. The predicted octanol–water partition coefficient (Wildman–Crippen LogP) is 11.9. The van der Waals surface area contributed by atoms with Gasteiger partial charge in [0.15, 0.2) is 0 Å². The van der Waals surface area contributed by atoms with Crippen LogP contribution in [0.3, 0.4) is 0 Å². The second-order valence-electron chi connectivity index (χ2n) is 8.46. The van der Waals surface area contributed by atoms with E-state index in [1.807, 2.05) is 59.1 Å². The first-order valence-corrected chi connectivity index (χ1v) is 15.9. The van der Waals surface area contributed by atoms with E-state index in [0.29, 0.717) is 5.69 Å².